The van der Waals surface area contributed by atoms with Crippen molar-refractivity contribution >= 4 is 6.29 Å². The predicted molar refractivity (Wildman–Crippen MR) is 52.3 cm³/mol. The number of nitrogens with zero attached hydrogens (tertiary/aromatic N) is 1. The third-order valence-electron chi connectivity index (χ3n) is 2.22. The molecule has 0 saturated carbocycles. The summed E-state index contributed by atoms with van der Waals surface area (Å²) in [7, 11) is 0. The fourth-order valence-electron chi connectivity index (χ4n) is 1.49. The molecular formula is C11H6F3NO2. The third-order valence-corrected chi connectivity index (χ3v) is 2.22. The first kappa shape index (κ1) is 11.4. The standard InChI is InChI=1S/C11H6F3NO2/c12-11(13,14)9-1-3-15-5-8(9)7-2-4-17-10(7)6-16/h1-6H. The summed E-state index contributed by atoms with van der Waals surface area (Å²) in [5.74, 6) is -0.150. The summed E-state index contributed by atoms with van der Waals surface area (Å²) in [5, 5.41) is 0. The molecule has 0 aromatic carbocycles. The highest BCUT2D eigenvalue weighted by Gasteiger charge is 2.34. The topological polar surface area (TPSA) is 43.1 Å². The lowest BCUT2D eigenvalue weighted by atomic mass is 10.0. The predicted octanol–water partition coefficient (Wildman–Crippen LogP) is 3.17. The molecule has 3 nitrogen and oxygen atoms in total. The maximum atomic E-state index is 12.7. The van der Waals surface area contributed by atoms with Crippen molar-refractivity contribution < 1.29 is 22.4 Å². The van der Waals surface area contributed by atoms with Crippen LogP contribution in [0.5, 0.6) is 0 Å². The van der Waals surface area contributed by atoms with Gasteiger partial charge in [0.1, 0.15) is 0 Å². The van der Waals surface area contributed by atoms with Gasteiger partial charge in [-0.3, -0.25) is 9.78 Å². The molecule has 6 heteroatoms. The Morgan fingerprint density at radius 1 is 1.24 bits per heavy atom. The number of carbonyl (C=O) groups excluding carboxylic acids is 1. The number of furan rings is 1. The summed E-state index contributed by atoms with van der Waals surface area (Å²) >= 11 is 0. The van der Waals surface area contributed by atoms with E-state index >= 15 is 0 Å². The second kappa shape index (κ2) is 4.04. The molecule has 2 rings (SSSR count). The second-order valence-electron chi connectivity index (χ2n) is 3.24. The molecule has 0 aliphatic heterocycles. The Balaban J connectivity index is 2.64. The van der Waals surface area contributed by atoms with Gasteiger partial charge in [0, 0.05) is 23.5 Å². The summed E-state index contributed by atoms with van der Waals surface area (Å²) in [6.45, 7) is 0. The Morgan fingerprint density at radius 3 is 2.65 bits per heavy atom. The Labute approximate surface area is 93.9 Å². The SMILES string of the molecule is O=Cc1occc1-c1cnccc1C(F)(F)F. The zero-order valence-electron chi connectivity index (χ0n) is 8.36. The van der Waals surface area contributed by atoms with Crippen LogP contribution in [-0.4, -0.2) is 11.3 Å². The van der Waals surface area contributed by atoms with Crippen molar-refractivity contribution in [1.82, 2.24) is 4.98 Å². The minimum absolute atomic E-state index is 0.0837. The second-order valence-corrected chi connectivity index (χ2v) is 3.24. The zero-order valence-corrected chi connectivity index (χ0v) is 8.36. The number of hydrogen-bond acceptors (Lipinski definition) is 3. The smallest absolute Gasteiger partial charge is 0.417 e. The highest BCUT2D eigenvalue weighted by Crippen LogP contribution is 2.37. The van der Waals surface area contributed by atoms with E-state index in [0.717, 1.165) is 24.7 Å². The number of halogens is 3. The summed E-state index contributed by atoms with van der Waals surface area (Å²) in [4.78, 5) is 14.3. The number of hydrogen-bond donors (Lipinski definition) is 0. The molecule has 17 heavy (non-hydrogen) atoms. The fraction of sp³-hybridized carbons (Fsp3) is 0.0909. The van der Waals surface area contributed by atoms with Crippen LogP contribution in [0.4, 0.5) is 13.2 Å². The van der Waals surface area contributed by atoms with E-state index in [4.69, 9.17) is 4.42 Å². The van der Waals surface area contributed by atoms with Crippen LogP contribution in [0.25, 0.3) is 11.1 Å². The molecule has 0 unspecified atom stereocenters. The van der Waals surface area contributed by atoms with E-state index < -0.39 is 11.7 Å². The van der Waals surface area contributed by atoms with Crippen molar-refractivity contribution in [2.24, 2.45) is 0 Å². The monoisotopic (exact) mass is 241 g/mol. The molecule has 88 valence electrons. The molecule has 0 N–H and O–H groups in total. The first-order valence-electron chi connectivity index (χ1n) is 4.58. The average Bonchev–Trinajstić information content (AvgIpc) is 2.75. The highest BCUT2D eigenvalue weighted by molar-refractivity contribution is 5.85. The van der Waals surface area contributed by atoms with Crippen molar-refractivity contribution in [3.8, 4) is 11.1 Å². The highest BCUT2D eigenvalue weighted by atomic mass is 19.4. The number of aldehydes is 1. The van der Waals surface area contributed by atoms with Gasteiger partial charge in [0.15, 0.2) is 12.0 Å². The van der Waals surface area contributed by atoms with Crippen LogP contribution in [-0.2, 0) is 6.18 Å². The molecule has 0 aliphatic rings. The van der Waals surface area contributed by atoms with E-state index in [9.17, 15) is 18.0 Å². The van der Waals surface area contributed by atoms with Gasteiger partial charge < -0.3 is 4.42 Å². The Kier molecular flexibility index (Phi) is 2.71. The molecule has 0 saturated heterocycles. The van der Waals surface area contributed by atoms with Gasteiger partial charge in [0.2, 0.25) is 0 Å². The first-order chi connectivity index (χ1) is 8.04. The van der Waals surface area contributed by atoms with E-state index in [1.165, 1.54) is 6.07 Å². The minimum Gasteiger partial charge on any atom is -0.461 e. The van der Waals surface area contributed by atoms with Crippen LogP contribution < -0.4 is 0 Å². The van der Waals surface area contributed by atoms with Gasteiger partial charge >= 0.3 is 6.18 Å². The lowest BCUT2D eigenvalue weighted by molar-refractivity contribution is -0.137. The molecule has 0 spiro atoms. The van der Waals surface area contributed by atoms with Crippen LogP contribution in [0, 0.1) is 0 Å². The molecule has 0 radical (unpaired) electrons. The van der Waals surface area contributed by atoms with E-state index in [-0.39, 0.29) is 16.9 Å². The van der Waals surface area contributed by atoms with Crippen molar-refractivity contribution in [3.05, 3.63) is 42.1 Å². The van der Waals surface area contributed by atoms with Crippen LogP contribution in [0.15, 0.2) is 35.2 Å². The molecule has 0 fully saturated rings. The van der Waals surface area contributed by atoms with Gasteiger partial charge in [-0.05, 0) is 12.1 Å². The van der Waals surface area contributed by atoms with Crippen molar-refractivity contribution in [3.63, 3.8) is 0 Å². The van der Waals surface area contributed by atoms with Crippen LogP contribution in [0.1, 0.15) is 16.1 Å². The summed E-state index contributed by atoms with van der Waals surface area (Å²) < 4.78 is 43.0. The van der Waals surface area contributed by atoms with Crippen molar-refractivity contribution in [1.29, 1.82) is 0 Å². The summed E-state index contributed by atoms with van der Waals surface area (Å²) in [5.41, 5.74) is -0.937. The largest absolute Gasteiger partial charge is 0.461 e. The van der Waals surface area contributed by atoms with E-state index in [1.807, 2.05) is 0 Å². The lowest BCUT2D eigenvalue weighted by Gasteiger charge is -2.10. The molecule has 2 heterocycles. The molecular weight excluding hydrogens is 235 g/mol. The number of carbonyl (C=O) groups is 1. The van der Waals surface area contributed by atoms with E-state index in [1.54, 1.807) is 0 Å². The van der Waals surface area contributed by atoms with Crippen LogP contribution in [0.3, 0.4) is 0 Å². The lowest BCUT2D eigenvalue weighted by Crippen LogP contribution is -2.07. The summed E-state index contributed by atoms with van der Waals surface area (Å²) in [6, 6.07) is 2.16. The minimum atomic E-state index is -4.50. The van der Waals surface area contributed by atoms with Crippen LogP contribution >= 0.6 is 0 Å². The third kappa shape index (κ3) is 2.06. The Hall–Kier alpha value is -2.11. The van der Waals surface area contributed by atoms with Crippen LogP contribution in [0.2, 0.25) is 0 Å². The fourth-order valence-corrected chi connectivity index (χ4v) is 1.49. The number of pyridine rings is 1. The normalized spacial score (nSPS) is 11.5. The maximum Gasteiger partial charge on any atom is 0.417 e. The van der Waals surface area contributed by atoms with Gasteiger partial charge in [-0.1, -0.05) is 0 Å². The molecule has 0 atom stereocenters. The molecule has 0 aliphatic carbocycles. The average molecular weight is 241 g/mol. The molecule has 0 amide bonds. The number of aromatic nitrogens is 1. The van der Waals surface area contributed by atoms with E-state index in [2.05, 4.69) is 4.98 Å². The number of rotatable bonds is 2. The van der Waals surface area contributed by atoms with Gasteiger partial charge in [-0.2, -0.15) is 13.2 Å². The molecule has 2 aromatic heterocycles. The number of alkyl halides is 3. The van der Waals surface area contributed by atoms with Crippen molar-refractivity contribution in [2.45, 2.75) is 6.18 Å². The maximum absolute atomic E-state index is 12.7. The quantitative estimate of drug-likeness (QED) is 0.758. The molecule has 2 aromatic rings. The van der Waals surface area contributed by atoms with Crippen molar-refractivity contribution in [2.75, 3.05) is 0 Å². The van der Waals surface area contributed by atoms with Gasteiger partial charge in [0.25, 0.3) is 0 Å². The first-order valence-corrected chi connectivity index (χ1v) is 4.58. The van der Waals surface area contributed by atoms with E-state index in [0.29, 0.717) is 6.29 Å². The van der Waals surface area contributed by atoms with Gasteiger partial charge in [-0.15, -0.1) is 0 Å². The Morgan fingerprint density at radius 2 is 2.00 bits per heavy atom. The zero-order chi connectivity index (χ0) is 12.5. The Bertz CT molecular complexity index is 546. The summed E-state index contributed by atoms with van der Waals surface area (Å²) in [6.07, 6.45) is -0.877. The van der Waals surface area contributed by atoms with Gasteiger partial charge in [0.05, 0.1) is 11.8 Å². The van der Waals surface area contributed by atoms with Gasteiger partial charge in [-0.25, -0.2) is 0 Å². The molecule has 0 bridgehead atoms.